The molecule has 160 valence electrons. The fraction of sp³-hybridized carbons (Fsp3) is 0.500. The summed E-state index contributed by atoms with van der Waals surface area (Å²) in [4.78, 5) is 5.44. The van der Waals surface area contributed by atoms with Crippen molar-refractivity contribution >= 4 is 0 Å². The first-order valence-electron chi connectivity index (χ1n) is 10.1. The Labute approximate surface area is 170 Å². The van der Waals surface area contributed by atoms with Crippen molar-refractivity contribution in [2.45, 2.75) is 39.2 Å². The van der Waals surface area contributed by atoms with Crippen molar-refractivity contribution in [2.75, 3.05) is 19.6 Å². The zero-order valence-corrected chi connectivity index (χ0v) is 16.9. The predicted molar refractivity (Wildman–Crippen MR) is 108 cm³/mol. The van der Waals surface area contributed by atoms with Crippen LogP contribution in [0.3, 0.4) is 0 Å². The molecule has 0 bridgehead atoms. The molecule has 0 radical (unpaired) electrons. The molecule has 1 saturated heterocycles. The number of β-amino-alcohol motifs (C(OH)–C–C–N with tert-alkyl or cyclic N) is 1. The van der Waals surface area contributed by atoms with Gasteiger partial charge in [0.15, 0.2) is 17.3 Å². The van der Waals surface area contributed by atoms with Crippen molar-refractivity contribution in [2.24, 2.45) is 11.8 Å². The summed E-state index contributed by atoms with van der Waals surface area (Å²) < 4.78 is 25.2. The average molecular weight is 408 g/mol. The number of rotatable bonds is 3. The highest BCUT2D eigenvalue weighted by Gasteiger charge is 2.36. The van der Waals surface area contributed by atoms with E-state index >= 15 is 0 Å². The van der Waals surface area contributed by atoms with E-state index in [9.17, 15) is 13.9 Å². The average Bonchev–Trinajstić information content (AvgIpc) is 3.30. The molecule has 5 nitrogen and oxygen atoms in total. The van der Waals surface area contributed by atoms with Crippen molar-refractivity contribution in [3.05, 3.63) is 53.9 Å². The molecule has 2 heterocycles. The second-order valence-corrected chi connectivity index (χ2v) is 7.21. The van der Waals surface area contributed by atoms with Gasteiger partial charge < -0.3 is 15.3 Å². The monoisotopic (exact) mass is 408 g/mol. The minimum atomic E-state index is -0.826. The molecule has 1 aromatic carbocycles. The Morgan fingerprint density at radius 2 is 1.72 bits per heavy atom. The van der Waals surface area contributed by atoms with E-state index in [2.05, 4.69) is 9.88 Å². The molecule has 3 unspecified atom stereocenters. The third kappa shape index (κ3) is 6.37. The standard InChI is InChI=1S/C15H20FNO2.C5H4FNO.C2H6/c16-13-6-10(4-5-14(13)18)15(19)9-17-7-11-2-1-3-12(11)8-17;6-5-4(8)2-1-3-7-5;1-2/h4-6,11-12,15,18-19H,1-3,7-9H2;1-3,8H;1-2H3. The largest absolute Gasteiger partial charge is 0.505 e. The highest BCUT2D eigenvalue weighted by molar-refractivity contribution is 5.29. The van der Waals surface area contributed by atoms with E-state index in [1.165, 1.54) is 49.7 Å². The summed E-state index contributed by atoms with van der Waals surface area (Å²) >= 11 is 0. The number of fused-ring (bicyclic) bond motifs is 1. The molecule has 2 fully saturated rings. The van der Waals surface area contributed by atoms with Crippen molar-refractivity contribution < 1.29 is 24.1 Å². The summed E-state index contributed by atoms with van der Waals surface area (Å²) in [6.45, 7) is 6.67. The second kappa shape index (κ2) is 11.1. The van der Waals surface area contributed by atoms with Gasteiger partial charge in [0.25, 0.3) is 5.95 Å². The zero-order chi connectivity index (χ0) is 21.4. The van der Waals surface area contributed by atoms with Crippen LogP contribution in [0.25, 0.3) is 0 Å². The molecule has 2 aromatic rings. The van der Waals surface area contributed by atoms with E-state index in [-0.39, 0.29) is 5.75 Å². The number of aromatic hydroxyl groups is 2. The fourth-order valence-electron chi connectivity index (χ4n) is 3.94. The summed E-state index contributed by atoms with van der Waals surface area (Å²) in [5, 5.41) is 27.8. The number of hydrogen-bond donors (Lipinski definition) is 3. The van der Waals surface area contributed by atoms with Gasteiger partial charge in [-0.05, 0) is 54.5 Å². The smallest absolute Gasteiger partial charge is 0.254 e. The minimum absolute atomic E-state index is 0.369. The Hall–Kier alpha value is -2.25. The molecule has 1 aromatic heterocycles. The van der Waals surface area contributed by atoms with Crippen molar-refractivity contribution in [3.63, 3.8) is 0 Å². The zero-order valence-electron chi connectivity index (χ0n) is 16.9. The highest BCUT2D eigenvalue weighted by atomic mass is 19.1. The Kier molecular flexibility index (Phi) is 8.79. The van der Waals surface area contributed by atoms with E-state index in [0.717, 1.165) is 24.9 Å². The number of aliphatic hydroxyl groups excluding tert-OH is 1. The molecule has 0 spiro atoms. The SMILES string of the molecule is CC.Oc1ccc(C(O)CN2CC3CCCC3C2)cc1F.Oc1cccnc1F. The summed E-state index contributed by atoms with van der Waals surface area (Å²) in [5.74, 6) is -0.686. The minimum Gasteiger partial charge on any atom is -0.505 e. The molecule has 2 aliphatic rings. The molecular formula is C22H30F2N2O3. The van der Waals surface area contributed by atoms with Crippen molar-refractivity contribution in [1.82, 2.24) is 9.88 Å². The van der Waals surface area contributed by atoms with E-state index in [4.69, 9.17) is 10.2 Å². The maximum atomic E-state index is 13.3. The molecule has 7 heteroatoms. The molecular weight excluding hydrogens is 378 g/mol. The number of halogens is 2. The first kappa shape index (κ1) is 23.0. The summed E-state index contributed by atoms with van der Waals surface area (Å²) in [6.07, 6.45) is 4.55. The van der Waals surface area contributed by atoms with Crippen LogP contribution >= 0.6 is 0 Å². The number of nitrogens with zero attached hydrogens (tertiary/aromatic N) is 2. The predicted octanol–water partition coefficient (Wildman–Crippen LogP) is 4.25. The fourth-order valence-corrected chi connectivity index (χ4v) is 3.94. The number of benzene rings is 1. The van der Waals surface area contributed by atoms with E-state index in [1.54, 1.807) is 6.07 Å². The van der Waals surface area contributed by atoms with Crippen LogP contribution in [0.1, 0.15) is 44.8 Å². The summed E-state index contributed by atoms with van der Waals surface area (Å²) in [6, 6.07) is 6.80. The van der Waals surface area contributed by atoms with E-state index in [1.807, 2.05) is 13.8 Å². The number of pyridine rings is 1. The molecule has 3 N–H and O–H groups in total. The van der Waals surface area contributed by atoms with Gasteiger partial charge in [0, 0.05) is 25.8 Å². The lowest BCUT2D eigenvalue weighted by atomic mass is 10.0. The summed E-state index contributed by atoms with van der Waals surface area (Å²) in [7, 11) is 0. The van der Waals surface area contributed by atoms with Crippen LogP contribution in [0, 0.1) is 23.6 Å². The van der Waals surface area contributed by atoms with Gasteiger partial charge in [-0.25, -0.2) is 9.37 Å². The number of likely N-dealkylation sites (tertiary alicyclic amines) is 1. The Bertz CT molecular complexity index is 742. The van der Waals surface area contributed by atoms with Gasteiger partial charge >= 0.3 is 0 Å². The van der Waals surface area contributed by atoms with Gasteiger partial charge in [0.2, 0.25) is 0 Å². The second-order valence-electron chi connectivity index (χ2n) is 7.21. The van der Waals surface area contributed by atoms with Gasteiger partial charge in [0.05, 0.1) is 6.10 Å². The summed E-state index contributed by atoms with van der Waals surface area (Å²) in [5.41, 5.74) is 0.535. The van der Waals surface area contributed by atoms with E-state index in [0.29, 0.717) is 12.1 Å². The van der Waals surface area contributed by atoms with E-state index < -0.39 is 23.6 Å². The van der Waals surface area contributed by atoms with Gasteiger partial charge in [-0.1, -0.05) is 26.3 Å². The maximum Gasteiger partial charge on any atom is 0.254 e. The number of aromatic nitrogens is 1. The molecule has 29 heavy (non-hydrogen) atoms. The Balaban J connectivity index is 0.000000252. The van der Waals surface area contributed by atoms with Crippen LogP contribution in [-0.4, -0.2) is 44.8 Å². The van der Waals surface area contributed by atoms with Gasteiger partial charge in [0.1, 0.15) is 0 Å². The molecule has 1 aliphatic heterocycles. The highest BCUT2D eigenvalue weighted by Crippen LogP contribution is 2.38. The molecule has 3 atom stereocenters. The first-order valence-corrected chi connectivity index (χ1v) is 10.1. The molecule has 0 amide bonds. The topological polar surface area (TPSA) is 76.8 Å². The third-order valence-corrected chi connectivity index (χ3v) is 5.33. The van der Waals surface area contributed by atoms with Gasteiger partial charge in [-0.15, -0.1) is 0 Å². The molecule has 4 rings (SSSR count). The molecule has 1 saturated carbocycles. The lowest BCUT2D eigenvalue weighted by Gasteiger charge is -2.21. The van der Waals surface area contributed by atoms with Crippen LogP contribution in [-0.2, 0) is 0 Å². The number of hydrogen-bond acceptors (Lipinski definition) is 5. The third-order valence-electron chi connectivity index (χ3n) is 5.33. The number of aliphatic hydroxyl groups is 1. The normalized spacial score (nSPS) is 21.4. The van der Waals surface area contributed by atoms with Gasteiger partial charge in [-0.2, -0.15) is 4.39 Å². The van der Waals surface area contributed by atoms with Crippen LogP contribution < -0.4 is 0 Å². The Morgan fingerprint density at radius 3 is 2.24 bits per heavy atom. The maximum absolute atomic E-state index is 13.3. The van der Waals surface area contributed by atoms with Gasteiger partial charge in [-0.3, -0.25) is 4.90 Å². The first-order chi connectivity index (χ1) is 13.9. The lowest BCUT2D eigenvalue weighted by molar-refractivity contribution is 0.121. The quantitative estimate of drug-likeness (QED) is 0.662. The van der Waals surface area contributed by atoms with Crippen molar-refractivity contribution in [3.8, 4) is 11.5 Å². The van der Waals surface area contributed by atoms with Crippen molar-refractivity contribution in [1.29, 1.82) is 0 Å². The number of phenolic OH excluding ortho intramolecular Hbond substituents is 1. The van der Waals surface area contributed by atoms with Crippen LogP contribution in [0.4, 0.5) is 8.78 Å². The van der Waals surface area contributed by atoms with Crippen LogP contribution in [0.2, 0.25) is 0 Å². The lowest BCUT2D eigenvalue weighted by Crippen LogP contribution is -2.27. The Morgan fingerprint density at radius 1 is 1.07 bits per heavy atom. The molecule has 1 aliphatic carbocycles. The number of phenols is 1. The van der Waals surface area contributed by atoms with Crippen LogP contribution in [0.15, 0.2) is 36.5 Å². The van der Waals surface area contributed by atoms with Crippen LogP contribution in [0.5, 0.6) is 11.5 Å².